The lowest BCUT2D eigenvalue weighted by atomic mass is 9.65. The van der Waals surface area contributed by atoms with Gasteiger partial charge in [0.2, 0.25) is 0 Å². The Morgan fingerprint density at radius 2 is 2.17 bits per heavy atom. The summed E-state index contributed by atoms with van der Waals surface area (Å²) in [5, 5.41) is 43.9. The Hall–Kier alpha value is -1.62. The van der Waals surface area contributed by atoms with Gasteiger partial charge in [-0.2, -0.15) is 5.26 Å². The van der Waals surface area contributed by atoms with E-state index in [1.54, 1.807) is 18.2 Å². The van der Waals surface area contributed by atoms with Gasteiger partial charge in [0.1, 0.15) is 6.07 Å². The molecule has 1 saturated carbocycles. The maximum absolute atomic E-state index is 11.7. The third kappa shape index (κ3) is 3.74. The van der Waals surface area contributed by atoms with Crippen LogP contribution < -0.4 is 4.90 Å². The fourth-order valence-corrected chi connectivity index (χ4v) is 5.53. The van der Waals surface area contributed by atoms with Gasteiger partial charge in [-0.25, -0.2) is 0 Å². The Kier molecular flexibility index (Phi) is 6.52. The van der Waals surface area contributed by atoms with Crippen LogP contribution in [0.1, 0.15) is 45.6 Å². The van der Waals surface area contributed by atoms with Crippen molar-refractivity contribution in [2.75, 3.05) is 18.6 Å². The van der Waals surface area contributed by atoms with Crippen molar-refractivity contribution in [2.24, 2.45) is 5.92 Å². The van der Waals surface area contributed by atoms with Crippen molar-refractivity contribution in [3.05, 3.63) is 40.4 Å². The summed E-state index contributed by atoms with van der Waals surface area (Å²) < 4.78 is 5.66. The largest absolute Gasteiger partial charge is 0.390 e. The fourth-order valence-electron chi connectivity index (χ4n) is 5.36. The van der Waals surface area contributed by atoms with E-state index in [-0.39, 0.29) is 6.54 Å². The van der Waals surface area contributed by atoms with Crippen molar-refractivity contribution in [1.82, 2.24) is 0 Å². The highest BCUT2D eigenvalue weighted by atomic mass is 35.5. The Morgan fingerprint density at radius 1 is 1.47 bits per heavy atom. The van der Waals surface area contributed by atoms with Crippen molar-refractivity contribution in [2.45, 2.75) is 69.5 Å². The third-order valence-corrected chi connectivity index (χ3v) is 7.10. The van der Waals surface area contributed by atoms with Gasteiger partial charge in [0.25, 0.3) is 0 Å². The number of benzene rings is 1. The average molecular weight is 435 g/mol. The van der Waals surface area contributed by atoms with Crippen LogP contribution in [0.4, 0.5) is 5.69 Å². The number of ether oxygens (including phenoxy) is 1. The van der Waals surface area contributed by atoms with Gasteiger partial charge in [0.15, 0.2) is 0 Å². The van der Waals surface area contributed by atoms with E-state index in [0.29, 0.717) is 35.5 Å². The summed E-state index contributed by atoms with van der Waals surface area (Å²) >= 11 is 6.11. The maximum Gasteiger partial charge on any atom is 0.101 e. The van der Waals surface area contributed by atoms with Gasteiger partial charge in [-0.3, -0.25) is 0 Å². The fraction of sp³-hybridized carbons (Fsp3) is 0.609. The second-order valence-electron chi connectivity index (χ2n) is 9.01. The SMILES string of the molecule is CO[C@@H]1[C@H](O)CC[C@]2(O)CN(c3ccc(Cl)cc3C#N)[C@](C)([C@H](O)CC=C(C)C)[C@@H]12. The highest BCUT2D eigenvalue weighted by molar-refractivity contribution is 6.30. The summed E-state index contributed by atoms with van der Waals surface area (Å²) in [5.74, 6) is -0.554. The first-order valence-electron chi connectivity index (χ1n) is 10.3. The number of rotatable bonds is 5. The molecule has 6 atom stereocenters. The number of methoxy groups -OCH3 is 1. The number of hydrogen-bond acceptors (Lipinski definition) is 6. The summed E-state index contributed by atoms with van der Waals surface area (Å²) in [5.41, 5.74) is -0.101. The number of anilines is 1. The average Bonchev–Trinajstić information content (AvgIpc) is 2.95. The highest BCUT2D eigenvalue weighted by Crippen LogP contribution is 2.54. The van der Waals surface area contributed by atoms with Crippen molar-refractivity contribution in [1.29, 1.82) is 5.26 Å². The number of β-amino-alcohol motifs (C(OH)–C–C–N with tert-alkyl or cyclic N) is 1. The molecule has 2 aliphatic rings. The lowest BCUT2D eigenvalue weighted by Gasteiger charge is -2.50. The van der Waals surface area contributed by atoms with E-state index in [4.69, 9.17) is 16.3 Å². The van der Waals surface area contributed by atoms with E-state index in [2.05, 4.69) is 6.07 Å². The van der Waals surface area contributed by atoms with Crippen molar-refractivity contribution in [3.8, 4) is 6.07 Å². The molecule has 0 aromatic heterocycles. The highest BCUT2D eigenvalue weighted by Gasteiger charge is 2.66. The van der Waals surface area contributed by atoms with Crippen LogP contribution in [0.15, 0.2) is 29.8 Å². The van der Waals surface area contributed by atoms with Crippen molar-refractivity contribution >= 4 is 17.3 Å². The van der Waals surface area contributed by atoms with E-state index in [9.17, 15) is 20.6 Å². The van der Waals surface area contributed by atoms with Crippen LogP contribution in [0, 0.1) is 17.2 Å². The topological polar surface area (TPSA) is 97.0 Å². The molecular formula is C23H31ClN2O4. The number of hydrogen-bond donors (Lipinski definition) is 3. The first kappa shape index (κ1) is 23.1. The Bertz CT molecular complexity index is 865. The Morgan fingerprint density at radius 3 is 2.77 bits per heavy atom. The van der Waals surface area contributed by atoms with Crippen molar-refractivity contribution < 1.29 is 20.1 Å². The van der Waals surface area contributed by atoms with E-state index in [1.807, 2.05) is 31.7 Å². The second kappa shape index (κ2) is 8.49. The second-order valence-corrected chi connectivity index (χ2v) is 9.44. The molecule has 3 N–H and O–H groups in total. The van der Waals surface area contributed by atoms with Gasteiger partial charge >= 0.3 is 0 Å². The van der Waals surface area contributed by atoms with Crippen LogP contribution in [-0.2, 0) is 4.74 Å². The monoisotopic (exact) mass is 434 g/mol. The van der Waals surface area contributed by atoms with Crippen LogP contribution in [0.2, 0.25) is 5.02 Å². The zero-order chi connectivity index (χ0) is 22.3. The lowest BCUT2D eigenvalue weighted by molar-refractivity contribution is -0.164. The minimum Gasteiger partial charge on any atom is -0.390 e. The Labute approximate surface area is 183 Å². The van der Waals surface area contributed by atoms with Crippen LogP contribution in [0.5, 0.6) is 0 Å². The molecule has 2 fully saturated rings. The van der Waals surface area contributed by atoms with E-state index in [0.717, 1.165) is 5.57 Å². The predicted molar refractivity (Wildman–Crippen MR) is 116 cm³/mol. The van der Waals surface area contributed by atoms with Gasteiger partial charge in [-0.15, -0.1) is 0 Å². The number of nitriles is 1. The minimum atomic E-state index is -1.17. The normalized spacial score (nSPS) is 34.2. The minimum absolute atomic E-state index is 0.225. The number of nitrogens with zero attached hydrogens (tertiary/aromatic N) is 2. The van der Waals surface area contributed by atoms with Gasteiger partial charge in [-0.05, 0) is 58.2 Å². The smallest absolute Gasteiger partial charge is 0.101 e. The first-order valence-corrected chi connectivity index (χ1v) is 10.7. The predicted octanol–water partition coefficient (Wildman–Crippen LogP) is 3.02. The standard InChI is InChI=1S/C23H31ClN2O4/c1-14(2)5-8-19(28)22(3)21-20(30-4)18(27)9-10-23(21,29)13-26(22)17-7-6-16(24)11-15(17)12-25/h5-7,11,18-21,27-29H,8-10,13H2,1-4H3/t18-,19-,20-,21-,22-,23+/m1/s1. The molecule has 0 amide bonds. The third-order valence-electron chi connectivity index (χ3n) is 6.87. The van der Waals surface area contributed by atoms with Crippen LogP contribution >= 0.6 is 11.6 Å². The van der Waals surface area contributed by atoms with E-state index >= 15 is 0 Å². The molecule has 1 heterocycles. The lowest BCUT2D eigenvalue weighted by Crippen LogP contribution is -2.63. The zero-order valence-electron chi connectivity index (χ0n) is 18.0. The molecule has 7 heteroatoms. The zero-order valence-corrected chi connectivity index (χ0v) is 18.7. The van der Waals surface area contributed by atoms with E-state index in [1.165, 1.54) is 7.11 Å². The summed E-state index contributed by atoms with van der Waals surface area (Å²) in [6.07, 6.45) is 0.884. The molecule has 1 saturated heterocycles. The van der Waals surface area contributed by atoms with Crippen molar-refractivity contribution in [3.63, 3.8) is 0 Å². The first-order chi connectivity index (χ1) is 14.1. The molecule has 1 aliphatic heterocycles. The van der Waals surface area contributed by atoms with Crippen LogP contribution in [0.3, 0.4) is 0 Å². The summed E-state index contributed by atoms with van der Waals surface area (Å²) in [4.78, 5) is 1.92. The number of fused-ring (bicyclic) bond motifs is 1. The van der Waals surface area contributed by atoms with Crippen LogP contribution in [0.25, 0.3) is 0 Å². The number of aliphatic hydroxyl groups excluding tert-OH is 2. The van der Waals surface area contributed by atoms with Gasteiger partial charge < -0.3 is 25.0 Å². The van der Waals surface area contributed by atoms with Crippen LogP contribution in [-0.4, -0.2) is 58.4 Å². The molecule has 3 rings (SSSR count). The molecule has 164 valence electrons. The van der Waals surface area contributed by atoms with Gasteiger partial charge in [0.05, 0.1) is 40.7 Å². The van der Waals surface area contributed by atoms with Gasteiger partial charge in [0, 0.05) is 24.6 Å². The maximum atomic E-state index is 11.7. The molecule has 0 radical (unpaired) electrons. The molecule has 1 aromatic carbocycles. The van der Waals surface area contributed by atoms with E-state index < -0.39 is 35.4 Å². The number of allylic oxidation sites excluding steroid dienone is 1. The summed E-state index contributed by atoms with van der Waals surface area (Å²) in [7, 11) is 1.52. The summed E-state index contributed by atoms with van der Waals surface area (Å²) in [6, 6.07) is 7.24. The Balaban J connectivity index is 2.18. The molecule has 30 heavy (non-hydrogen) atoms. The molecule has 1 aliphatic carbocycles. The molecule has 1 aromatic rings. The molecule has 6 nitrogen and oxygen atoms in total. The molecule has 0 spiro atoms. The molecule has 0 bridgehead atoms. The molecule has 0 unspecified atom stereocenters. The number of aliphatic hydroxyl groups is 3. The molecular weight excluding hydrogens is 404 g/mol. The van der Waals surface area contributed by atoms with Gasteiger partial charge in [-0.1, -0.05) is 23.3 Å². The summed E-state index contributed by atoms with van der Waals surface area (Å²) in [6.45, 7) is 6.04. The quantitative estimate of drug-likeness (QED) is 0.616. The number of halogens is 1.